The van der Waals surface area contributed by atoms with Gasteiger partial charge in [-0.1, -0.05) is 66.7 Å². The second-order valence-corrected chi connectivity index (χ2v) is 7.91. The van der Waals surface area contributed by atoms with Gasteiger partial charge in [0.15, 0.2) is 0 Å². The van der Waals surface area contributed by atoms with E-state index in [2.05, 4.69) is 24.3 Å². The van der Waals surface area contributed by atoms with Crippen molar-refractivity contribution in [2.75, 3.05) is 13.2 Å². The van der Waals surface area contributed by atoms with E-state index in [4.69, 9.17) is 9.05 Å². The van der Waals surface area contributed by atoms with Crippen LogP contribution in [0.2, 0.25) is 0 Å². The molecule has 25 heavy (non-hydrogen) atoms. The van der Waals surface area contributed by atoms with Crippen LogP contribution in [-0.4, -0.2) is 13.2 Å². The standard InChI is InChI=1S/C21H23O3P/c1-3-23-25(22,24-4-2)21(18-11-6-5-7-12-18)20-15-14-17-10-8-9-13-19(17)16-20/h5-16,21H,3-4H2,1-2H3. The first kappa shape index (κ1) is 17.9. The summed E-state index contributed by atoms with van der Waals surface area (Å²) in [7, 11) is -3.35. The molecular formula is C21H23O3P. The summed E-state index contributed by atoms with van der Waals surface area (Å²) in [5.41, 5.74) is 1.43. The van der Waals surface area contributed by atoms with Crippen LogP contribution in [0.1, 0.15) is 30.6 Å². The number of rotatable bonds is 7. The molecule has 0 aliphatic rings. The van der Waals surface area contributed by atoms with Crippen molar-refractivity contribution in [3.8, 4) is 0 Å². The predicted octanol–water partition coefficient (Wildman–Crippen LogP) is 6.20. The molecule has 3 aromatic rings. The Morgan fingerprint density at radius 1 is 0.760 bits per heavy atom. The highest BCUT2D eigenvalue weighted by Gasteiger charge is 2.38. The molecule has 0 saturated carbocycles. The van der Waals surface area contributed by atoms with Crippen LogP contribution < -0.4 is 0 Å². The van der Waals surface area contributed by atoms with E-state index in [1.807, 2.05) is 62.4 Å². The van der Waals surface area contributed by atoms with Crippen molar-refractivity contribution in [1.82, 2.24) is 0 Å². The maximum absolute atomic E-state index is 13.6. The van der Waals surface area contributed by atoms with Gasteiger partial charge in [0, 0.05) is 0 Å². The third-order valence-electron chi connectivity index (χ3n) is 4.14. The lowest BCUT2D eigenvalue weighted by atomic mass is 10.0. The molecule has 1 unspecified atom stereocenters. The summed E-state index contributed by atoms with van der Waals surface area (Å²) < 4.78 is 25.0. The average molecular weight is 354 g/mol. The molecule has 0 spiro atoms. The quantitative estimate of drug-likeness (QED) is 0.474. The van der Waals surface area contributed by atoms with E-state index in [-0.39, 0.29) is 0 Å². The van der Waals surface area contributed by atoms with Crippen LogP contribution in [0.5, 0.6) is 0 Å². The van der Waals surface area contributed by atoms with Gasteiger partial charge in [-0.05, 0) is 41.8 Å². The lowest BCUT2D eigenvalue weighted by molar-refractivity contribution is 0.215. The SMILES string of the molecule is CCOP(=O)(OCC)C(c1ccccc1)c1ccc2ccccc2c1. The lowest BCUT2D eigenvalue weighted by Gasteiger charge is -2.27. The van der Waals surface area contributed by atoms with E-state index in [9.17, 15) is 4.57 Å². The Morgan fingerprint density at radius 3 is 2.00 bits per heavy atom. The highest BCUT2D eigenvalue weighted by atomic mass is 31.2. The summed E-state index contributed by atoms with van der Waals surface area (Å²) in [5.74, 6) is 0. The maximum atomic E-state index is 13.6. The highest BCUT2D eigenvalue weighted by molar-refractivity contribution is 7.54. The lowest BCUT2D eigenvalue weighted by Crippen LogP contribution is -2.08. The molecule has 3 nitrogen and oxygen atoms in total. The van der Waals surface area contributed by atoms with Gasteiger partial charge in [-0.25, -0.2) is 0 Å². The average Bonchev–Trinajstić information content (AvgIpc) is 2.63. The van der Waals surface area contributed by atoms with Crippen molar-refractivity contribution in [2.45, 2.75) is 19.5 Å². The molecule has 0 saturated heterocycles. The van der Waals surface area contributed by atoms with Crippen molar-refractivity contribution < 1.29 is 13.6 Å². The van der Waals surface area contributed by atoms with Gasteiger partial charge in [0.2, 0.25) is 0 Å². The summed E-state index contributed by atoms with van der Waals surface area (Å²) in [6, 6.07) is 24.1. The van der Waals surface area contributed by atoms with Crippen molar-refractivity contribution in [1.29, 1.82) is 0 Å². The van der Waals surface area contributed by atoms with Gasteiger partial charge in [-0.2, -0.15) is 0 Å². The van der Waals surface area contributed by atoms with Crippen LogP contribution in [0.4, 0.5) is 0 Å². The molecule has 0 fully saturated rings. The maximum Gasteiger partial charge on any atom is 0.342 e. The first-order valence-corrected chi connectivity index (χ1v) is 10.2. The van der Waals surface area contributed by atoms with Gasteiger partial charge in [0.05, 0.1) is 13.2 Å². The first-order chi connectivity index (χ1) is 12.2. The van der Waals surface area contributed by atoms with Crippen molar-refractivity contribution in [3.05, 3.63) is 83.9 Å². The summed E-state index contributed by atoms with van der Waals surface area (Å²) in [6.45, 7) is 4.37. The minimum absolute atomic E-state index is 0.341. The molecule has 3 aromatic carbocycles. The molecule has 130 valence electrons. The molecule has 3 rings (SSSR count). The number of fused-ring (bicyclic) bond motifs is 1. The normalized spacial score (nSPS) is 13.0. The number of hydrogen-bond donors (Lipinski definition) is 0. The Morgan fingerprint density at radius 2 is 1.36 bits per heavy atom. The van der Waals surface area contributed by atoms with Crippen LogP contribution in [-0.2, 0) is 13.6 Å². The van der Waals surface area contributed by atoms with Gasteiger partial charge < -0.3 is 9.05 Å². The van der Waals surface area contributed by atoms with E-state index >= 15 is 0 Å². The van der Waals surface area contributed by atoms with Crippen LogP contribution in [0.15, 0.2) is 72.8 Å². The molecule has 4 heteroatoms. The Balaban J connectivity index is 2.17. The monoisotopic (exact) mass is 354 g/mol. The molecule has 0 bridgehead atoms. The Bertz CT molecular complexity index is 866. The van der Waals surface area contributed by atoms with Gasteiger partial charge in [0.25, 0.3) is 0 Å². The van der Waals surface area contributed by atoms with E-state index in [1.54, 1.807) is 0 Å². The molecule has 0 heterocycles. The fourth-order valence-corrected chi connectivity index (χ4v) is 5.27. The second kappa shape index (κ2) is 7.97. The fraction of sp³-hybridized carbons (Fsp3) is 0.238. The van der Waals surface area contributed by atoms with Gasteiger partial charge in [-0.3, -0.25) is 4.57 Å². The molecule has 0 aliphatic heterocycles. The fourth-order valence-electron chi connectivity index (χ4n) is 3.12. The predicted molar refractivity (Wildman–Crippen MR) is 103 cm³/mol. The molecule has 0 amide bonds. The molecular weight excluding hydrogens is 331 g/mol. The number of hydrogen-bond acceptors (Lipinski definition) is 3. The van der Waals surface area contributed by atoms with Gasteiger partial charge in [-0.15, -0.1) is 0 Å². The van der Waals surface area contributed by atoms with Crippen molar-refractivity contribution >= 4 is 18.4 Å². The van der Waals surface area contributed by atoms with E-state index < -0.39 is 13.3 Å². The van der Waals surface area contributed by atoms with E-state index in [0.717, 1.165) is 21.9 Å². The smallest absolute Gasteiger partial charge is 0.308 e. The Labute approximate surface area is 149 Å². The minimum atomic E-state index is -3.35. The van der Waals surface area contributed by atoms with Crippen LogP contribution >= 0.6 is 7.60 Å². The highest BCUT2D eigenvalue weighted by Crippen LogP contribution is 2.63. The molecule has 1 atom stereocenters. The van der Waals surface area contributed by atoms with Crippen LogP contribution in [0, 0.1) is 0 Å². The zero-order chi connectivity index (χ0) is 17.7. The zero-order valence-electron chi connectivity index (χ0n) is 14.6. The van der Waals surface area contributed by atoms with Gasteiger partial charge >= 0.3 is 7.60 Å². The van der Waals surface area contributed by atoms with Crippen molar-refractivity contribution in [2.24, 2.45) is 0 Å². The Hall–Kier alpha value is -1.93. The number of benzene rings is 3. The molecule has 0 radical (unpaired) electrons. The third kappa shape index (κ3) is 3.85. The summed E-state index contributed by atoms with van der Waals surface area (Å²) in [5, 5.41) is 2.26. The third-order valence-corrected chi connectivity index (χ3v) is 6.60. The summed E-state index contributed by atoms with van der Waals surface area (Å²) in [4.78, 5) is 0. The molecule has 0 aliphatic carbocycles. The van der Waals surface area contributed by atoms with E-state index in [0.29, 0.717) is 13.2 Å². The molecule has 0 N–H and O–H groups in total. The zero-order valence-corrected chi connectivity index (χ0v) is 15.5. The minimum Gasteiger partial charge on any atom is -0.308 e. The van der Waals surface area contributed by atoms with Crippen LogP contribution in [0.3, 0.4) is 0 Å². The first-order valence-electron chi connectivity index (χ1n) is 8.60. The topological polar surface area (TPSA) is 35.5 Å². The van der Waals surface area contributed by atoms with E-state index in [1.165, 1.54) is 0 Å². The van der Waals surface area contributed by atoms with Crippen molar-refractivity contribution in [3.63, 3.8) is 0 Å². The summed E-state index contributed by atoms with van der Waals surface area (Å²) >= 11 is 0. The van der Waals surface area contributed by atoms with Crippen LogP contribution in [0.25, 0.3) is 10.8 Å². The second-order valence-electron chi connectivity index (χ2n) is 5.80. The van der Waals surface area contributed by atoms with Gasteiger partial charge in [0.1, 0.15) is 5.66 Å². The largest absolute Gasteiger partial charge is 0.342 e. The summed E-state index contributed by atoms with van der Waals surface area (Å²) in [6.07, 6.45) is 0. The Kier molecular flexibility index (Phi) is 5.70. The molecule has 0 aromatic heterocycles.